The van der Waals surface area contributed by atoms with Gasteiger partial charge in [0.1, 0.15) is 5.82 Å². The summed E-state index contributed by atoms with van der Waals surface area (Å²) >= 11 is 1.67. The lowest BCUT2D eigenvalue weighted by Crippen LogP contribution is -2.36. The molecule has 0 saturated carbocycles. The fourth-order valence-electron chi connectivity index (χ4n) is 2.51. The Morgan fingerprint density at radius 2 is 2.17 bits per heavy atom. The Balaban J connectivity index is 1.56. The van der Waals surface area contributed by atoms with Crippen LogP contribution in [0.4, 0.5) is 16.3 Å². The summed E-state index contributed by atoms with van der Waals surface area (Å²) in [6.45, 7) is 5.82. The Morgan fingerprint density at radius 3 is 2.79 bits per heavy atom. The second-order valence-electron chi connectivity index (χ2n) is 5.82. The van der Waals surface area contributed by atoms with Gasteiger partial charge >= 0.3 is 6.03 Å². The Morgan fingerprint density at radius 1 is 1.38 bits per heavy atom. The number of aryl methyl sites for hydroxylation is 1. The van der Waals surface area contributed by atoms with Gasteiger partial charge in [0, 0.05) is 25.0 Å². The van der Waals surface area contributed by atoms with Crippen molar-refractivity contribution in [3.8, 4) is 0 Å². The molecule has 7 heteroatoms. The summed E-state index contributed by atoms with van der Waals surface area (Å²) in [5.74, 6) is 0.916. The molecule has 0 aliphatic carbocycles. The molecule has 6 nitrogen and oxygen atoms in total. The lowest BCUT2D eigenvalue weighted by Gasteiger charge is -2.27. The van der Waals surface area contributed by atoms with Crippen LogP contribution < -0.4 is 10.2 Å². The molecule has 24 heavy (non-hydrogen) atoms. The molecule has 2 amide bonds. The number of aromatic nitrogens is 1. The van der Waals surface area contributed by atoms with Gasteiger partial charge in [-0.1, -0.05) is 0 Å². The maximum absolute atomic E-state index is 12.3. The van der Waals surface area contributed by atoms with Crippen LogP contribution in [-0.2, 0) is 11.3 Å². The summed E-state index contributed by atoms with van der Waals surface area (Å²) in [6, 6.07) is 5.76. The number of hydrogen-bond acceptors (Lipinski definition) is 5. The van der Waals surface area contributed by atoms with E-state index in [2.05, 4.69) is 28.2 Å². The number of pyridine rings is 1. The van der Waals surface area contributed by atoms with Gasteiger partial charge in [-0.3, -0.25) is 0 Å². The molecule has 1 aliphatic rings. The van der Waals surface area contributed by atoms with Crippen LogP contribution in [0.3, 0.4) is 0 Å². The number of morpholine rings is 1. The number of anilines is 2. The molecule has 0 bridgehead atoms. The number of ether oxygens (including phenoxy) is 1. The molecule has 0 spiro atoms. The normalized spacial score (nSPS) is 14.5. The first kappa shape index (κ1) is 16.7. The maximum atomic E-state index is 12.3. The molecule has 3 heterocycles. The molecule has 0 unspecified atom stereocenters. The maximum Gasteiger partial charge on any atom is 0.321 e. The fraction of sp³-hybridized carbons (Fsp3) is 0.412. The Bertz CT molecular complexity index is 680. The van der Waals surface area contributed by atoms with Gasteiger partial charge in [-0.2, -0.15) is 0 Å². The summed E-state index contributed by atoms with van der Waals surface area (Å²) in [5, 5.41) is 4.94. The average molecular weight is 346 g/mol. The van der Waals surface area contributed by atoms with Crippen LogP contribution >= 0.6 is 11.3 Å². The first-order valence-electron chi connectivity index (χ1n) is 7.97. The lowest BCUT2D eigenvalue weighted by molar-refractivity contribution is 0.122. The average Bonchev–Trinajstić information content (AvgIpc) is 3.01. The van der Waals surface area contributed by atoms with Crippen molar-refractivity contribution in [3.05, 3.63) is 40.2 Å². The number of nitrogens with one attached hydrogen (secondary N) is 1. The van der Waals surface area contributed by atoms with Crippen LogP contribution in [-0.4, -0.2) is 49.3 Å². The van der Waals surface area contributed by atoms with Crippen LogP contribution in [0.15, 0.2) is 29.8 Å². The van der Waals surface area contributed by atoms with E-state index in [1.165, 1.54) is 10.4 Å². The minimum absolute atomic E-state index is 0.135. The lowest BCUT2D eigenvalue weighted by atomic mass is 10.3. The number of carbonyl (C=O) groups excluding carboxylic acids is 1. The zero-order valence-electron chi connectivity index (χ0n) is 14.0. The first-order chi connectivity index (χ1) is 11.6. The number of carbonyl (C=O) groups is 1. The van der Waals surface area contributed by atoms with Crippen molar-refractivity contribution in [3.63, 3.8) is 0 Å². The number of amides is 2. The second-order valence-corrected chi connectivity index (χ2v) is 6.82. The Labute approximate surface area is 146 Å². The third-order valence-electron chi connectivity index (χ3n) is 4.03. The number of hydrogen-bond donors (Lipinski definition) is 1. The zero-order valence-corrected chi connectivity index (χ0v) is 14.8. The molecular weight excluding hydrogens is 324 g/mol. The van der Waals surface area contributed by atoms with Crippen LogP contribution in [0.5, 0.6) is 0 Å². The number of urea groups is 1. The highest BCUT2D eigenvalue weighted by atomic mass is 32.1. The van der Waals surface area contributed by atoms with Gasteiger partial charge < -0.3 is 19.9 Å². The third kappa shape index (κ3) is 4.04. The minimum Gasteiger partial charge on any atom is -0.378 e. The van der Waals surface area contributed by atoms with Crippen molar-refractivity contribution >= 4 is 28.9 Å². The van der Waals surface area contributed by atoms with Crippen LogP contribution in [0.2, 0.25) is 0 Å². The number of thiophene rings is 1. The van der Waals surface area contributed by atoms with E-state index >= 15 is 0 Å². The molecule has 128 valence electrons. The molecule has 1 saturated heterocycles. The summed E-state index contributed by atoms with van der Waals surface area (Å²) in [5.41, 5.74) is 1.92. The third-order valence-corrected chi connectivity index (χ3v) is 5.04. The smallest absolute Gasteiger partial charge is 0.321 e. The Kier molecular flexibility index (Phi) is 5.32. The van der Waals surface area contributed by atoms with Gasteiger partial charge in [-0.05, 0) is 36.1 Å². The monoisotopic (exact) mass is 346 g/mol. The van der Waals surface area contributed by atoms with Crippen LogP contribution in [0.25, 0.3) is 0 Å². The van der Waals surface area contributed by atoms with Crippen molar-refractivity contribution in [1.29, 1.82) is 0 Å². The minimum atomic E-state index is -0.135. The largest absolute Gasteiger partial charge is 0.378 e. The van der Waals surface area contributed by atoms with E-state index in [0.717, 1.165) is 32.1 Å². The summed E-state index contributed by atoms with van der Waals surface area (Å²) in [6.07, 6.45) is 1.70. The predicted octanol–water partition coefficient (Wildman–Crippen LogP) is 2.95. The van der Waals surface area contributed by atoms with Crippen LogP contribution in [0.1, 0.15) is 10.4 Å². The molecule has 1 N–H and O–H groups in total. The van der Waals surface area contributed by atoms with Gasteiger partial charge in [0.05, 0.1) is 31.6 Å². The van der Waals surface area contributed by atoms with E-state index in [9.17, 15) is 4.79 Å². The molecule has 0 aromatic carbocycles. The summed E-state index contributed by atoms with van der Waals surface area (Å²) in [7, 11) is 1.80. The highest BCUT2D eigenvalue weighted by Gasteiger charge is 2.14. The van der Waals surface area contributed by atoms with Crippen molar-refractivity contribution in [1.82, 2.24) is 9.88 Å². The van der Waals surface area contributed by atoms with Crippen molar-refractivity contribution < 1.29 is 9.53 Å². The molecular formula is C17H22N4O2S. The molecule has 0 atom stereocenters. The molecule has 2 aromatic heterocycles. The summed E-state index contributed by atoms with van der Waals surface area (Å²) < 4.78 is 5.34. The van der Waals surface area contributed by atoms with Gasteiger partial charge in [-0.15, -0.1) is 11.3 Å². The van der Waals surface area contributed by atoms with E-state index in [0.29, 0.717) is 12.2 Å². The van der Waals surface area contributed by atoms with E-state index in [1.54, 1.807) is 29.5 Å². The standard InChI is InChI=1S/C17H22N4O2S/c1-13-5-10-24-15(13)12-20(2)17(22)19-14-3-4-16(18-11-14)21-6-8-23-9-7-21/h3-5,10-11H,6-9,12H2,1-2H3,(H,19,22). The molecule has 1 fully saturated rings. The van der Waals surface area contributed by atoms with Gasteiger partial charge in [-0.25, -0.2) is 9.78 Å². The Hall–Kier alpha value is -2.12. The number of rotatable bonds is 4. The second kappa shape index (κ2) is 7.63. The molecule has 2 aromatic rings. The molecule has 0 radical (unpaired) electrons. The van der Waals surface area contributed by atoms with Crippen molar-refractivity contribution in [2.75, 3.05) is 43.6 Å². The van der Waals surface area contributed by atoms with Crippen molar-refractivity contribution in [2.24, 2.45) is 0 Å². The highest BCUT2D eigenvalue weighted by molar-refractivity contribution is 7.10. The van der Waals surface area contributed by atoms with Gasteiger partial charge in [0.25, 0.3) is 0 Å². The topological polar surface area (TPSA) is 57.7 Å². The molecule has 1 aliphatic heterocycles. The number of nitrogens with zero attached hydrogens (tertiary/aromatic N) is 3. The zero-order chi connectivity index (χ0) is 16.9. The van der Waals surface area contributed by atoms with Crippen LogP contribution in [0, 0.1) is 6.92 Å². The van der Waals surface area contributed by atoms with E-state index in [-0.39, 0.29) is 6.03 Å². The highest BCUT2D eigenvalue weighted by Crippen LogP contribution is 2.19. The van der Waals surface area contributed by atoms with Crippen molar-refractivity contribution in [2.45, 2.75) is 13.5 Å². The first-order valence-corrected chi connectivity index (χ1v) is 8.85. The fourth-order valence-corrected chi connectivity index (χ4v) is 3.47. The van der Waals surface area contributed by atoms with Gasteiger partial charge in [0.2, 0.25) is 0 Å². The predicted molar refractivity (Wildman–Crippen MR) is 96.8 cm³/mol. The summed E-state index contributed by atoms with van der Waals surface area (Å²) in [4.78, 5) is 21.8. The quantitative estimate of drug-likeness (QED) is 0.925. The van der Waals surface area contributed by atoms with E-state index in [4.69, 9.17) is 4.74 Å². The van der Waals surface area contributed by atoms with E-state index in [1.807, 2.05) is 17.5 Å². The van der Waals surface area contributed by atoms with E-state index < -0.39 is 0 Å². The molecule has 3 rings (SSSR count). The van der Waals surface area contributed by atoms with Gasteiger partial charge in [0.15, 0.2) is 0 Å². The SMILES string of the molecule is Cc1ccsc1CN(C)C(=O)Nc1ccc(N2CCOCC2)nc1.